The van der Waals surface area contributed by atoms with E-state index in [-0.39, 0.29) is 36.3 Å². The number of aliphatic hydroxyl groups is 1. The number of unbranched alkanes of at least 4 members (excludes halogenated alkanes) is 3. The molecule has 220 valence electrons. The summed E-state index contributed by atoms with van der Waals surface area (Å²) in [5.74, 6) is -0.810. The highest BCUT2D eigenvalue weighted by Gasteiger charge is 2.32. The van der Waals surface area contributed by atoms with Crippen LogP contribution in [0.2, 0.25) is 10.3 Å². The quantitative estimate of drug-likeness (QED) is 0.194. The first-order chi connectivity index (χ1) is 19.8. The Morgan fingerprint density at radius 1 is 0.927 bits per heavy atom. The van der Waals surface area contributed by atoms with Crippen molar-refractivity contribution in [2.75, 3.05) is 0 Å². The van der Waals surface area contributed by atoms with Crippen LogP contribution in [0.25, 0.3) is 0 Å². The molecule has 2 aromatic carbocycles. The van der Waals surface area contributed by atoms with Gasteiger partial charge in [0.2, 0.25) is 5.91 Å². The van der Waals surface area contributed by atoms with E-state index in [1.807, 2.05) is 48.5 Å². The number of aliphatic hydroxyl groups excluding tert-OH is 1. The molecule has 0 radical (unpaired) electrons. The second-order valence-electron chi connectivity index (χ2n) is 10.2. The lowest BCUT2D eigenvalue weighted by Gasteiger charge is -2.36. The molecule has 1 amide bonds. The molecule has 3 N–H and O–H groups in total. The zero-order chi connectivity index (χ0) is 29.2. The van der Waals surface area contributed by atoms with Gasteiger partial charge in [0.25, 0.3) is 0 Å². The summed E-state index contributed by atoms with van der Waals surface area (Å²) in [6, 6.07) is 15.4. The topological polar surface area (TPSA) is 123 Å². The molecule has 41 heavy (non-hydrogen) atoms. The third-order valence-electron chi connectivity index (χ3n) is 7.03. The van der Waals surface area contributed by atoms with Gasteiger partial charge < -0.3 is 29.6 Å². The number of imidazole rings is 1. The van der Waals surface area contributed by atoms with Crippen molar-refractivity contribution in [3.8, 4) is 0 Å². The molecule has 1 fully saturated rings. The number of rotatable bonds is 14. The van der Waals surface area contributed by atoms with Crippen molar-refractivity contribution in [2.24, 2.45) is 0 Å². The van der Waals surface area contributed by atoms with Gasteiger partial charge in [0.15, 0.2) is 11.4 Å². The molecule has 1 aliphatic heterocycles. The van der Waals surface area contributed by atoms with Gasteiger partial charge in [0.1, 0.15) is 5.15 Å². The number of aromatic nitrogens is 2. The van der Waals surface area contributed by atoms with Crippen molar-refractivity contribution in [2.45, 2.75) is 83.1 Å². The van der Waals surface area contributed by atoms with Crippen LogP contribution in [0.4, 0.5) is 0 Å². The summed E-state index contributed by atoms with van der Waals surface area (Å²) >= 11 is 12.3. The summed E-state index contributed by atoms with van der Waals surface area (Å²) in [5, 5.41) is 21.6. The van der Waals surface area contributed by atoms with Gasteiger partial charge in [0, 0.05) is 31.4 Å². The van der Waals surface area contributed by atoms with Gasteiger partial charge in [-0.2, -0.15) is 0 Å². The molecule has 1 aliphatic rings. The highest BCUT2D eigenvalue weighted by Crippen LogP contribution is 2.39. The molecule has 0 bridgehead atoms. The van der Waals surface area contributed by atoms with E-state index in [2.05, 4.69) is 10.3 Å². The number of carboxylic acids is 1. The van der Waals surface area contributed by atoms with Gasteiger partial charge >= 0.3 is 5.97 Å². The molecule has 3 atom stereocenters. The van der Waals surface area contributed by atoms with Crippen molar-refractivity contribution >= 4 is 35.1 Å². The van der Waals surface area contributed by atoms with Crippen LogP contribution in [0, 0.1) is 0 Å². The SMILES string of the molecule is O=C(O)CCCCCCC(=O)NCc1ccc([C@@H]2O[C@H](Cn3cnc(Cl)c3Cl)C[C@H](c3ccc(CO)cc3)O2)cc1. The molecule has 11 heteroatoms. The van der Waals surface area contributed by atoms with Crippen molar-refractivity contribution in [3.63, 3.8) is 0 Å². The lowest BCUT2D eigenvalue weighted by Crippen LogP contribution is -2.32. The van der Waals surface area contributed by atoms with E-state index in [1.165, 1.54) is 0 Å². The van der Waals surface area contributed by atoms with Crippen LogP contribution >= 0.6 is 23.2 Å². The van der Waals surface area contributed by atoms with Crippen LogP contribution in [-0.2, 0) is 38.8 Å². The van der Waals surface area contributed by atoms with Crippen LogP contribution < -0.4 is 5.32 Å². The van der Waals surface area contributed by atoms with Crippen LogP contribution in [0.5, 0.6) is 0 Å². The van der Waals surface area contributed by atoms with Crippen LogP contribution in [0.15, 0.2) is 54.9 Å². The molecule has 1 saturated heterocycles. The third kappa shape index (κ3) is 9.28. The molecule has 4 rings (SSSR count). The molecule has 1 aromatic heterocycles. The van der Waals surface area contributed by atoms with E-state index in [1.54, 1.807) is 10.9 Å². The van der Waals surface area contributed by atoms with Crippen LogP contribution in [0.1, 0.15) is 79.6 Å². The predicted molar refractivity (Wildman–Crippen MR) is 154 cm³/mol. The first-order valence-electron chi connectivity index (χ1n) is 13.8. The van der Waals surface area contributed by atoms with E-state index in [4.69, 9.17) is 37.8 Å². The number of halogens is 2. The first kappa shape index (κ1) is 31.0. The van der Waals surface area contributed by atoms with Crippen LogP contribution in [0.3, 0.4) is 0 Å². The Morgan fingerprint density at radius 3 is 2.22 bits per heavy atom. The van der Waals surface area contributed by atoms with E-state index in [0.29, 0.717) is 37.5 Å². The summed E-state index contributed by atoms with van der Waals surface area (Å²) in [4.78, 5) is 26.8. The maximum atomic E-state index is 12.2. The fourth-order valence-corrected chi connectivity index (χ4v) is 5.03. The Kier molecular flexibility index (Phi) is 11.6. The van der Waals surface area contributed by atoms with Crippen molar-refractivity contribution < 1.29 is 29.3 Å². The van der Waals surface area contributed by atoms with Crippen molar-refractivity contribution in [1.29, 1.82) is 0 Å². The lowest BCUT2D eigenvalue weighted by atomic mass is 10.00. The Morgan fingerprint density at radius 2 is 1.59 bits per heavy atom. The predicted octanol–water partition coefficient (Wildman–Crippen LogP) is 5.97. The Hall–Kier alpha value is -2.95. The standard InChI is InChI=1S/C30H35Cl2N3O6/c31-28-29(32)35(19-34-28)17-24-15-25(22-11-9-21(18-36)10-12-22)41-30(40-24)23-13-7-20(8-14-23)16-33-26(37)5-3-1-2-4-6-27(38)39/h7-14,19,24-25,30,36H,1-6,15-18H2,(H,33,37)(H,38,39)/t24-,25+,30+/m0/s1. The van der Waals surface area contributed by atoms with E-state index >= 15 is 0 Å². The zero-order valence-corrected chi connectivity index (χ0v) is 24.2. The summed E-state index contributed by atoms with van der Waals surface area (Å²) in [7, 11) is 0. The third-order valence-corrected chi connectivity index (χ3v) is 7.80. The first-order valence-corrected chi connectivity index (χ1v) is 14.5. The smallest absolute Gasteiger partial charge is 0.303 e. The van der Waals surface area contributed by atoms with Gasteiger partial charge in [-0.1, -0.05) is 84.6 Å². The van der Waals surface area contributed by atoms with Gasteiger partial charge in [-0.15, -0.1) is 0 Å². The number of amides is 1. The largest absolute Gasteiger partial charge is 0.481 e. The molecule has 0 saturated carbocycles. The van der Waals surface area contributed by atoms with Gasteiger partial charge in [-0.25, -0.2) is 4.98 Å². The molecular formula is C30H35Cl2N3O6. The summed E-state index contributed by atoms with van der Waals surface area (Å²) < 4.78 is 14.5. The Bertz CT molecular complexity index is 1280. The molecule has 0 spiro atoms. The molecule has 9 nitrogen and oxygen atoms in total. The second-order valence-corrected chi connectivity index (χ2v) is 10.9. The van der Waals surface area contributed by atoms with Gasteiger partial charge in [-0.3, -0.25) is 9.59 Å². The number of hydrogen-bond acceptors (Lipinski definition) is 6. The number of hydrogen-bond donors (Lipinski definition) is 3. The van der Waals surface area contributed by atoms with Crippen LogP contribution in [-0.4, -0.2) is 37.7 Å². The average Bonchev–Trinajstić information content (AvgIpc) is 3.30. The molecular weight excluding hydrogens is 569 g/mol. The number of benzene rings is 2. The van der Waals surface area contributed by atoms with Crippen molar-refractivity contribution in [1.82, 2.24) is 14.9 Å². The average molecular weight is 605 g/mol. The normalized spacial score (nSPS) is 18.8. The second kappa shape index (κ2) is 15.3. The minimum Gasteiger partial charge on any atom is -0.481 e. The maximum Gasteiger partial charge on any atom is 0.303 e. The van der Waals surface area contributed by atoms with E-state index < -0.39 is 12.3 Å². The summed E-state index contributed by atoms with van der Waals surface area (Å²) in [6.07, 6.45) is 4.69. The number of ether oxygens (including phenoxy) is 2. The highest BCUT2D eigenvalue weighted by molar-refractivity contribution is 6.40. The highest BCUT2D eigenvalue weighted by atomic mass is 35.5. The molecule has 3 aromatic rings. The zero-order valence-electron chi connectivity index (χ0n) is 22.7. The van der Waals surface area contributed by atoms with E-state index in [9.17, 15) is 14.7 Å². The fraction of sp³-hybridized carbons (Fsp3) is 0.433. The minimum atomic E-state index is -0.784. The summed E-state index contributed by atoms with van der Waals surface area (Å²) in [6.45, 7) is 0.835. The lowest BCUT2D eigenvalue weighted by molar-refractivity contribution is -0.252. The number of aliphatic carboxylic acids is 1. The Labute approximate surface area is 249 Å². The fourth-order valence-electron chi connectivity index (χ4n) is 4.72. The molecule has 0 unspecified atom stereocenters. The molecule has 0 aliphatic carbocycles. The van der Waals surface area contributed by atoms with Gasteiger partial charge in [-0.05, 0) is 29.5 Å². The maximum absolute atomic E-state index is 12.2. The number of carbonyl (C=O) groups excluding carboxylic acids is 1. The van der Waals surface area contributed by atoms with E-state index in [0.717, 1.165) is 41.5 Å². The number of carboxylic acid groups (broad SMARTS) is 1. The van der Waals surface area contributed by atoms with Gasteiger partial charge in [0.05, 0.1) is 31.7 Å². The van der Waals surface area contributed by atoms with Crippen molar-refractivity contribution in [3.05, 3.63) is 87.4 Å². The number of nitrogens with zero attached hydrogens (tertiary/aromatic N) is 2. The number of carbonyl (C=O) groups is 2. The minimum absolute atomic E-state index is 0.0255. The number of nitrogens with one attached hydrogen (secondary N) is 1. The summed E-state index contributed by atoms with van der Waals surface area (Å²) in [5.41, 5.74) is 3.61. The Balaban J connectivity index is 1.35. The molecule has 2 heterocycles. The monoisotopic (exact) mass is 603 g/mol.